The molecule has 1 aromatic rings. The maximum absolute atomic E-state index is 9.53. The number of nitrogens with one attached hydrogen (secondary N) is 1. The number of hydrogen-bond acceptors (Lipinski definition) is 5. The minimum absolute atomic E-state index is 0.150. The number of allylic oxidation sites excluding steroid dienone is 1. The fourth-order valence-electron chi connectivity index (χ4n) is 2.54. The van der Waals surface area contributed by atoms with Gasteiger partial charge in [-0.25, -0.2) is 4.98 Å². The summed E-state index contributed by atoms with van der Waals surface area (Å²) in [5, 5.41) is 13.0. The number of nitrogen functional groups attached to an aromatic ring is 1. The van der Waals surface area contributed by atoms with E-state index in [0.29, 0.717) is 12.0 Å². The predicted octanol–water partition coefficient (Wildman–Crippen LogP) is 1.81. The highest BCUT2D eigenvalue weighted by atomic mass is 16.3. The Morgan fingerprint density at radius 2 is 2.05 bits per heavy atom. The van der Waals surface area contributed by atoms with E-state index in [1.165, 1.54) is 0 Å². The van der Waals surface area contributed by atoms with Crippen LogP contribution < -0.4 is 11.1 Å². The molecule has 1 heterocycles. The molecule has 5 heteroatoms. The normalized spacial score (nSPS) is 23.1. The Kier molecular flexibility index (Phi) is 4.37. The predicted molar refractivity (Wildman–Crippen MR) is 77.0 cm³/mol. The third-order valence-electron chi connectivity index (χ3n) is 3.62. The zero-order valence-electron chi connectivity index (χ0n) is 11.4. The number of aromatic nitrogens is 2. The van der Waals surface area contributed by atoms with Crippen molar-refractivity contribution in [2.75, 3.05) is 11.1 Å². The summed E-state index contributed by atoms with van der Waals surface area (Å²) < 4.78 is 0. The topological polar surface area (TPSA) is 84.1 Å². The van der Waals surface area contributed by atoms with Crippen LogP contribution in [0.15, 0.2) is 12.7 Å². The molecule has 0 spiro atoms. The Morgan fingerprint density at radius 1 is 1.37 bits per heavy atom. The van der Waals surface area contributed by atoms with Crippen LogP contribution in [0.3, 0.4) is 0 Å². The van der Waals surface area contributed by atoms with Crippen molar-refractivity contribution in [3.63, 3.8) is 0 Å². The Labute approximate surface area is 114 Å². The number of aliphatic hydroxyl groups is 1. The van der Waals surface area contributed by atoms with Crippen molar-refractivity contribution in [2.45, 2.75) is 51.2 Å². The Balaban J connectivity index is 2.16. The second kappa shape index (κ2) is 6.02. The van der Waals surface area contributed by atoms with Gasteiger partial charge in [0.1, 0.15) is 5.82 Å². The molecule has 1 aliphatic rings. The SMILES string of the molecule is C=CCc1c(C)nc(N)nc1NC1CCC(O)CC1. The second-order valence-electron chi connectivity index (χ2n) is 5.14. The summed E-state index contributed by atoms with van der Waals surface area (Å²) in [5.74, 6) is 1.11. The number of anilines is 2. The molecule has 0 aliphatic heterocycles. The number of hydrogen-bond donors (Lipinski definition) is 3. The number of aryl methyl sites for hydroxylation is 1. The molecule has 1 aromatic heterocycles. The summed E-state index contributed by atoms with van der Waals surface area (Å²) in [6.07, 6.45) is 6.02. The largest absolute Gasteiger partial charge is 0.393 e. The van der Waals surface area contributed by atoms with Gasteiger partial charge in [0.15, 0.2) is 0 Å². The molecule has 4 N–H and O–H groups in total. The molecular formula is C14H22N4O. The Morgan fingerprint density at radius 3 is 2.68 bits per heavy atom. The first kappa shape index (κ1) is 13.8. The van der Waals surface area contributed by atoms with E-state index in [2.05, 4.69) is 21.9 Å². The minimum Gasteiger partial charge on any atom is -0.393 e. The highest BCUT2D eigenvalue weighted by molar-refractivity contribution is 5.51. The average Bonchev–Trinajstić information content (AvgIpc) is 2.36. The standard InChI is InChI=1S/C14H22N4O/c1-3-4-12-9(2)16-14(15)18-13(12)17-10-5-7-11(19)8-6-10/h3,10-11,19H,1,4-8H2,2H3,(H3,15,16,17,18). The molecule has 5 nitrogen and oxygen atoms in total. The molecular weight excluding hydrogens is 240 g/mol. The fraction of sp³-hybridized carbons (Fsp3) is 0.571. The summed E-state index contributed by atoms with van der Waals surface area (Å²) in [5.41, 5.74) is 7.67. The lowest BCUT2D eigenvalue weighted by atomic mass is 9.93. The van der Waals surface area contributed by atoms with Crippen LogP contribution in [-0.4, -0.2) is 27.2 Å². The summed E-state index contributed by atoms with van der Waals surface area (Å²) in [6.45, 7) is 5.71. The molecule has 0 unspecified atom stereocenters. The van der Waals surface area contributed by atoms with Crippen LogP contribution in [0.25, 0.3) is 0 Å². The van der Waals surface area contributed by atoms with Gasteiger partial charge in [0, 0.05) is 17.3 Å². The quantitative estimate of drug-likeness (QED) is 0.721. The summed E-state index contributed by atoms with van der Waals surface area (Å²) in [7, 11) is 0. The maximum atomic E-state index is 9.53. The van der Waals surface area contributed by atoms with Gasteiger partial charge in [0.25, 0.3) is 0 Å². The first-order valence-corrected chi connectivity index (χ1v) is 6.78. The van der Waals surface area contributed by atoms with E-state index in [4.69, 9.17) is 5.73 Å². The van der Waals surface area contributed by atoms with E-state index in [1.807, 2.05) is 13.0 Å². The van der Waals surface area contributed by atoms with Crippen molar-refractivity contribution in [1.29, 1.82) is 0 Å². The summed E-state index contributed by atoms with van der Waals surface area (Å²) >= 11 is 0. The lowest BCUT2D eigenvalue weighted by Crippen LogP contribution is -2.29. The van der Waals surface area contributed by atoms with Gasteiger partial charge in [-0.15, -0.1) is 6.58 Å². The minimum atomic E-state index is -0.150. The highest BCUT2D eigenvalue weighted by Gasteiger charge is 2.21. The number of nitrogens with two attached hydrogens (primary N) is 1. The molecule has 0 amide bonds. The molecule has 0 saturated heterocycles. The number of nitrogens with zero attached hydrogens (tertiary/aromatic N) is 2. The van der Waals surface area contributed by atoms with Crippen molar-refractivity contribution < 1.29 is 5.11 Å². The Bertz CT molecular complexity index is 453. The molecule has 0 bridgehead atoms. The molecule has 1 saturated carbocycles. The van der Waals surface area contributed by atoms with E-state index in [-0.39, 0.29) is 6.10 Å². The average molecular weight is 262 g/mol. The molecule has 104 valence electrons. The monoisotopic (exact) mass is 262 g/mol. The molecule has 2 rings (SSSR count). The van der Waals surface area contributed by atoms with Crippen molar-refractivity contribution in [3.05, 3.63) is 23.9 Å². The molecule has 19 heavy (non-hydrogen) atoms. The lowest BCUT2D eigenvalue weighted by molar-refractivity contribution is 0.126. The van der Waals surface area contributed by atoms with Crippen molar-refractivity contribution >= 4 is 11.8 Å². The fourth-order valence-corrected chi connectivity index (χ4v) is 2.54. The van der Waals surface area contributed by atoms with Crippen LogP contribution in [0, 0.1) is 6.92 Å². The van der Waals surface area contributed by atoms with Crippen LogP contribution >= 0.6 is 0 Å². The van der Waals surface area contributed by atoms with Crippen LogP contribution in [0.4, 0.5) is 11.8 Å². The van der Waals surface area contributed by atoms with Crippen LogP contribution in [0.5, 0.6) is 0 Å². The van der Waals surface area contributed by atoms with Gasteiger partial charge in [-0.3, -0.25) is 0 Å². The third kappa shape index (κ3) is 3.44. The number of aliphatic hydroxyl groups excluding tert-OH is 1. The first-order valence-electron chi connectivity index (χ1n) is 6.78. The first-order chi connectivity index (χ1) is 9.10. The molecule has 0 aromatic carbocycles. The van der Waals surface area contributed by atoms with E-state index >= 15 is 0 Å². The summed E-state index contributed by atoms with van der Waals surface area (Å²) in [6, 6.07) is 0.348. The van der Waals surface area contributed by atoms with Crippen molar-refractivity contribution in [3.8, 4) is 0 Å². The van der Waals surface area contributed by atoms with Gasteiger partial charge >= 0.3 is 0 Å². The van der Waals surface area contributed by atoms with E-state index in [9.17, 15) is 5.11 Å². The van der Waals surface area contributed by atoms with E-state index < -0.39 is 0 Å². The van der Waals surface area contributed by atoms with Crippen LogP contribution in [-0.2, 0) is 6.42 Å². The van der Waals surface area contributed by atoms with Crippen molar-refractivity contribution in [1.82, 2.24) is 9.97 Å². The lowest BCUT2D eigenvalue weighted by Gasteiger charge is -2.27. The van der Waals surface area contributed by atoms with Gasteiger partial charge in [-0.1, -0.05) is 6.08 Å². The molecule has 1 aliphatic carbocycles. The van der Waals surface area contributed by atoms with Crippen molar-refractivity contribution in [2.24, 2.45) is 0 Å². The summed E-state index contributed by atoms with van der Waals surface area (Å²) in [4.78, 5) is 8.51. The van der Waals surface area contributed by atoms with E-state index in [1.54, 1.807) is 0 Å². The van der Waals surface area contributed by atoms with Gasteiger partial charge < -0.3 is 16.2 Å². The second-order valence-corrected chi connectivity index (χ2v) is 5.14. The molecule has 0 radical (unpaired) electrons. The number of rotatable bonds is 4. The van der Waals surface area contributed by atoms with Crippen LogP contribution in [0.1, 0.15) is 36.9 Å². The smallest absolute Gasteiger partial charge is 0.222 e. The maximum Gasteiger partial charge on any atom is 0.222 e. The van der Waals surface area contributed by atoms with Gasteiger partial charge in [-0.05, 0) is 39.0 Å². The third-order valence-corrected chi connectivity index (χ3v) is 3.62. The van der Waals surface area contributed by atoms with Gasteiger partial charge in [0.2, 0.25) is 5.95 Å². The molecule has 1 fully saturated rings. The van der Waals surface area contributed by atoms with E-state index in [0.717, 1.165) is 49.2 Å². The zero-order chi connectivity index (χ0) is 13.8. The van der Waals surface area contributed by atoms with Crippen LogP contribution in [0.2, 0.25) is 0 Å². The zero-order valence-corrected chi connectivity index (χ0v) is 11.4. The van der Waals surface area contributed by atoms with Gasteiger partial charge in [-0.2, -0.15) is 4.98 Å². The van der Waals surface area contributed by atoms with Gasteiger partial charge in [0.05, 0.1) is 6.10 Å². The molecule has 0 atom stereocenters. The highest BCUT2D eigenvalue weighted by Crippen LogP contribution is 2.25. The Hall–Kier alpha value is -1.62.